The summed E-state index contributed by atoms with van der Waals surface area (Å²) in [6.07, 6.45) is -0.291. The van der Waals surface area contributed by atoms with E-state index in [1.807, 2.05) is 75.2 Å². The van der Waals surface area contributed by atoms with Gasteiger partial charge in [-0.2, -0.15) is 0 Å². The highest BCUT2D eigenvalue weighted by atomic mass is 32.1. The number of ether oxygens (including phenoxy) is 1. The Labute approximate surface area is 216 Å². The number of piperazine rings is 1. The Hall–Kier alpha value is -3.59. The predicted molar refractivity (Wildman–Crippen MR) is 145 cm³/mol. The molecule has 0 saturated carbocycles. The molecule has 2 aromatic carbocycles. The third-order valence-electron chi connectivity index (χ3n) is 5.74. The highest BCUT2D eigenvalue weighted by molar-refractivity contribution is 7.13. The SMILES string of the molecule is CN(Cc1ccccc1)c1nc(C(=O)Nc2ccccc2N2CCN(C(=O)OC(C)(C)C)CC2)cs1. The molecule has 0 unspecified atom stereocenters. The number of carbonyl (C=O) groups excluding carboxylic acids is 2. The van der Waals surface area contributed by atoms with Crippen LogP contribution in [0.4, 0.5) is 21.3 Å². The lowest BCUT2D eigenvalue weighted by Gasteiger charge is -2.37. The number of hydrogen-bond donors (Lipinski definition) is 1. The van der Waals surface area contributed by atoms with Crippen molar-refractivity contribution < 1.29 is 14.3 Å². The summed E-state index contributed by atoms with van der Waals surface area (Å²) in [5, 5.41) is 5.60. The van der Waals surface area contributed by atoms with Gasteiger partial charge in [0.2, 0.25) is 0 Å². The number of hydrogen-bond acceptors (Lipinski definition) is 7. The van der Waals surface area contributed by atoms with Gasteiger partial charge in [-0.25, -0.2) is 9.78 Å². The highest BCUT2D eigenvalue weighted by Crippen LogP contribution is 2.28. The molecule has 36 heavy (non-hydrogen) atoms. The Balaban J connectivity index is 1.38. The summed E-state index contributed by atoms with van der Waals surface area (Å²) in [5.41, 5.74) is 2.70. The van der Waals surface area contributed by atoms with Gasteiger partial charge in [0.15, 0.2) is 5.13 Å². The Morgan fingerprint density at radius 2 is 1.69 bits per heavy atom. The molecule has 1 aromatic heterocycles. The standard InChI is InChI=1S/C27H33N5O3S/c1-27(2,3)35-26(34)32-16-14-31(15-17-32)23-13-9-8-12-21(23)28-24(33)22-19-36-25(29-22)30(4)18-20-10-6-5-7-11-20/h5-13,19H,14-18H2,1-4H3,(H,28,33). The van der Waals surface area contributed by atoms with Crippen LogP contribution in [0, 0.1) is 0 Å². The fraction of sp³-hybridized carbons (Fsp3) is 0.370. The smallest absolute Gasteiger partial charge is 0.410 e. The molecule has 9 heteroatoms. The second-order valence-electron chi connectivity index (χ2n) is 9.78. The maximum Gasteiger partial charge on any atom is 0.410 e. The van der Waals surface area contributed by atoms with E-state index < -0.39 is 5.60 Å². The molecule has 1 aliphatic heterocycles. The van der Waals surface area contributed by atoms with Crippen molar-refractivity contribution >= 4 is 39.8 Å². The summed E-state index contributed by atoms with van der Waals surface area (Å²) < 4.78 is 5.50. The zero-order valence-electron chi connectivity index (χ0n) is 21.2. The van der Waals surface area contributed by atoms with Crippen LogP contribution in [-0.2, 0) is 11.3 Å². The Kier molecular flexibility index (Phi) is 7.79. The number of para-hydroxylation sites is 2. The van der Waals surface area contributed by atoms with Crippen LogP contribution in [0.1, 0.15) is 36.8 Å². The van der Waals surface area contributed by atoms with Crippen LogP contribution in [0.15, 0.2) is 60.0 Å². The maximum atomic E-state index is 13.0. The number of anilines is 3. The van der Waals surface area contributed by atoms with Gasteiger partial charge in [-0.1, -0.05) is 42.5 Å². The molecule has 2 heterocycles. The topological polar surface area (TPSA) is 78.0 Å². The fourth-order valence-electron chi connectivity index (χ4n) is 3.97. The number of thiazole rings is 1. The summed E-state index contributed by atoms with van der Waals surface area (Å²) in [7, 11) is 1.97. The second kappa shape index (κ2) is 11.0. The van der Waals surface area contributed by atoms with Crippen molar-refractivity contribution in [3.63, 3.8) is 0 Å². The Bertz CT molecular complexity index is 1180. The first-order chi connectivity index (χ1) is 17.2. The summed E-state index contributed by atoms with van der Waals surface area (Å²) >= 11 is 1.45. The van der Waals surface area contributed by atoms with Gasteiger partial charge in [-0.05, 0) is 38.5 Å². The number of amides is 2. The maximum absolute atomic E-state index is 13.0. The minimum atomic E-state index is -0.517. The van der Waals surface area contributed by atoms with E-state index >= 15 is 0 Å². The normalized spacial score (nSPS) is 13.9. The quantitative estimate of drug-likeness (QED) is 0.501. The molecule has 1 aliphatic rings. The molecular weight excluding hydrogens is 474 g/mol. The molecule has 3 aromatic rings. The monoisotopic (exact) mass is 507 g/mol. The van der Waals surface area contributed by atoms with Gasteiger partial charge >= 0.3 is 6.09 Å². The van der Waals surface area contributed by atoms with E-state index in [4.69, 9.17) is 4.74 Å². The molecular formula is C27H33N5O3S. The van der Waals surface area contributed by atoms with Gasteiger partial charge in [0, 0.05) is 45.2 Å². The number of benzene rings is 2. The van der Waals surface area contributed by atoms with Crippen LogP contribution in [-0.4, -0.2) is 60.7 Å². The summed E-state index contributed by atoms with van der Waals surface area (Å²) in [6.45, 7) is 8.73. The highest BCUT2D eigenvalue weighted by Gasteiger charge is 2.27. The van der Waals surface area contributed by atoms with E-state index in [-0.39, 0.29) is 12.0 Å². The average Bonchev–Trinajstić information content (AvgIpc) is 3.35. The summed E-state index contributed by atoms with van der Waals surface area (Å²) in [6, 6.07) is 17.9. The van der Waals surface area contributed by atoms with Crippen molar-refractivity contribution in [1.29, 1.82) is 0 Å². The molecule has 8 nitrogen and oxygen atoms in total. The van der Waals surface area contributed by atoms with Crippen LogP contribution < -0.4 is 15.1 Å². The molecule has 0 atom stereocenters. The van der Waals surface area contributed by atoms with Crippen LogP contribution in [0.2, 0.25) is 0 Å². The van der Waals surface area contributed by atoms with Crippen molar-refractivity contribution in [1.82, 2.24) is 9.88 Å². The van der Waals surface area contributed by atoms with Crippen molar-refractivity contribution in [3.05, 3.63) is 71.2 Å². The Morgan fingerprint density at radius 1 is 1.03 bits per heavy atom. The largest absolute Gasteiger partial charge is 0.444 e. The van der Waals surface area contributed by atoms with E-state index in [2.05, 4.69) is 27.3 Å². The fourth-order valence-corrected chi connectivity index (χ4v) is 4.74. The average molecular weight is 508 g/mol. The van der Waals surface area contributed by atoms with E-state index in [0.717, 1.165) is 16.5 Å². The van der Waals surface area contributed by atoms with Crippen molar-refractivity contribution in [2.24, 2.45) is 0 Å². The lowest BCUT2D eigenvalue weighted by atomic mass is 10.2. The lowest BCUT2D eigenvalue weighted by Crippen LogP contribution is -2.50. The predicted octanol–water partition coefficient (Wildman–Crippen LogP) is 5.09. The third-order valence-corrected chi connectivity index (χ3v) is 6.69. The first kappa shape index (κ1) is 25.5. The summed E-state index contributed by atoms with van der Waals surface area (Å²) in [4.78, 5) is 35.9. The van der Waals surface area contributed by atoms with Crippen LogP contribution in [0.25, 0.3) is 0 Å². The number of aromatic nitrogens is 1. The van der Waals surface area contributed by atoms with Gasteiger partial charge in [0.1, 0.15) is 11.3 Å². The molecule has 1 N–H and O–H groups in total. The molecule has 4 rings (SSSR count). The number of rotatable bonds is 6. The van der Waals surface area contributed by atoms with E-state index in [9.17, 15) is 9.59 Å². The summed E-state index contributed by atoms with van der Waals surface area (Å²) in [5.74, 6) is -0.245. The number of nitrogens with one attached hydrogen (secondary N) is 1. The van der Waals surface area contributed by atoms with Gasteiger partial charge < -0.3 is 24.8 Å². The van der Waals surface area contributed by atoms with Gasteiger partial charge in [-0.3, -0.25) is 4.79 Å². The van der Waals surface area contributed by atoms with Crippen LogP contribution in [0.3, 0.4) is 0 Å². The number of nitrogens with zero attached hydrogens (tertiary/aromatic N) is 4. The van der Waals surface area contributed by atoms with Crippen LogP contribution in [0.5, 0.6) is 0 Å². The molecule has 0 spiro atoms. The van der Waals surface area contributed by atoms with Gasteiger partial charge in [0.25, 0.3) is 5.91 Å². The molecule has 1 fully saturated rings. The van der Waals surface area contributed by atoms with Crippen molar-refractivity contribution in [3.8, 4) is 0 Å². The first-order valence-corrected chi connectivity index (χ1v) is 12.9. The van der Waals surface area contributed by atoms with E-state index in [0.29, 0.717) is 38.4 Å². The first-order valence-electron chi connectivity index (χ1n) is 12.0. The molecule has 2 amide bonds. The minimum absolute atomic E-state index is 0.245. The zero-order valence-corrected chi connectivity index (χ0v) is 22.0. The minimum Gasteiger partial charge on any atom is -0.444 e. The molecule has 0 radical (unpaired) electrons. The van der Waals surface area contributed by atoms with Gasteiger partial charge in [-0.15, -0.1) is 11.3 Å². The zero-order chi connectivity index (χ0) is 25.7. The molecule has 1 saturated heterocycles. The molecule has 0 aliphatic carbocycles. The lowest BCUT2D eigenvalue weighted by molar-refractivity contribution is 0.0240. The second-order valence-corrected chi connectivity index (χ2v) is 10.6. The molecule has 190 valence electrons. The van der Waals surface area contributed by atoms with Crippen molar-refractivity contribution in [2.45, 2.75) is 32.9 Å². The van der Waals surface area contributed by atoms with E-state index in [1.165, 1.54) is 16.9 Å². The van der Waals surface area contributed by atoms with Crippen LogP contribution >= 0.6 is 11.3 Å². The Morgan fingerprint density at radius 3 is 2.39 bits per heavy atom. The van der Waals surface area contributed by atoms with Crippen molar-refractivity contribution in [2.75, 3.05) is 48.3 Å². The van der Waals surface area contributed by atoms with Gasteiger partial charge in [0.05, 0.1) is 11.4 Å². The third kappa shape index (κ3) is 6.54. The molecule has 0 bridgehead atoms. The van der Waals surface area contributed by atoms with E-state index in [1.54, 1.807) is 10.3 Å². The number of carbonyl (C=O) groups is 2.